The van der Waals surface area contributed by atoms with Gasteiger partial charge in [0.05, 0.1) is 12.1 Å². The van der Waals surface area contributed by atoms with Crippen molar-refractivity contribution in [2.45, 2.75) is 33.2 Å². The van der Waals surface area contributed by atoms with E-state index in [0.29, 0.717) is 12.4 Å². The van der Waals surface area contributed by atoms with Gasteiger partial charge in [-0.3, -0.25) is 0 Å². The number of rotatable bonds is 6. The van der Waals surface area contributed by atoms with Gasteiger partial charge in [-0.2, -0.15) is 0 Å². The summed E-state index contributed by atoms with van der Waals surface area (Å²) in [6.07, 6.45) is 1.66. The molecule has 0 spiro atoms. The molecule has 2 rings (SSSR count). The maximum Gasteiger partial charge on any atom is 0.335 e. The molecule has 2 aromatic rings. The molecular formula is C14H17N3O3. The second-order valence-electron chi connectivity index (χ2n) is 4.57. The smallest absolute Gasteiger partial charge is 0.335 e. The molecule has 6 heteroatoms. The van der Waals surface area contributed by atoms with Gasteiger partial charge in [0.15, 0.2) is 0 Å². The Labute approximate surface area is 116 Å². The average Bonchev–Trinajstić information content (AvgIpc) is 2.82. The summed E-state index contributed by atoms with van der Waals surface area (Å²) in [6.45, 7) is 4.29. The zero-order chi connectivity index (χ0) is 14.5. The molecule has 0 aliphatic heterocycles. The fourth-order valence-electron chi connectivity index (χ4n) is 1.87. The monoisotopic (exact) mass is 275 g/mol. The van der Waals surface area contributed by atoms with Gasteiger partial charge >= 0.3 is 5.97 Å². The molecule has 0 bridgehead atoms. The van der Waals surface area contributed by atoms with E-state index in [1.54, 1.807) is 6.07 Å². The van der Waals surface area contributed by atoms with Crippen LogP contribution in [0, 0.1) is 6.92 Å². The molecule has 20 heavy (non-hydrogen) atoms. The number of aromatic carboxylic acids is 1. The summed E-state index contributed by atoms with van der Waals surface area (Å²) in [4.78, 5) is 15.5. The van der Waals surface area contributed by atoms with Crippen molar-refractivity contribution in [3.05, 3.63) is 40.9 Å². The molecule has 0 atom stereocenters. The summed E-state index contributed by atoms with van der Waals surface area (Å²) in [5.41, 5.74) is 1.76. The molecule has 0 radical (unpaired) electrons. The normalized spacial score (nSPS) is 10.5. The van der Waals surface area contributed by atoms with Crippen molar-refractivity contribution in [1.29, 1.82) is 0 Å². The van der Waals surface area contributed by atoms with Crippen LogP contribution < -0.4 is 5.32 Å². The van der Waals surface area contributed by atoms with Gasteiger partial charge in [0, 0.05) is 11.8 Å². The van der Waals surface area contributed by atoms with E-state index < -0.39 is 5.97 Å². The molecule has 0 aromatic carbocycles. The van der Waals surface area contributed by atoms with Crippen molar-refractivity contribution in [1.82, 2.24) is 10.1 Å². The highest BCUT2D eigenvalue weighted by Gasteiger charge is 2.09. The van der Waals surface area contributed by atoms with Crippen LogP contribution in [0.15, 0.2) is 22.7 Å². The molecule has 0 aliphatic carbocycles. The van der Waals surface area contributed by atoms with Gasteiger partial charge in [0.2, 0.25) is 0 Å². The van der Waals surface area contributed by atoms with E-state index in [2.05, 4.69) is 15.5 Å². The third-order valence-electron chi connectivity index (χ3n) is 2.76. The number of aromatic nitrogens is 2. The van der Waals surface area contributed by atoms with E-state index >= 15 is 0 Å². The van der Waals surface area contributed by atoms with E-state index in [9.17, 15) is 4.79 Å². The summed E-state index contributed by atoms with van der Waals surface area (Å²) in [5.74, 6) is 0.319. The van der Waals surface area contributed by atoms with E-state index in [1.807, 2.05) is 19.9 Å². The zero-order valence-corrected chi connectivity index (χ0v) is 11.5. The predicted octanol–water partition coefficient (Wildman–Crippen LogP) is 2.64. The van der Waals surface area contributed by atoms with Crippen LogP contribution in [-0.2, 0) is 13.0 Å². The summed E-state index contributed by atoms with van der Waals surface area (Å²) in [5, 5.41) is 16.0. The van der Waals surface area contributed by atoms with Crippen LogP contribution in [0.4, 0.5) is 5.82 Å². The molecule has 0 amide bonds. The lowest BCUT2D eigenvalue weighted by molar-refractivity contribution is 0.0696. The highest BCUT2D eigenvalue weighted by atomic mass is 16.5. The number of carboxylic acid groups (broad SMARTS) is 1. The topological polar surface area (TPSA) is 88.2 Å². The Morgan fingerprint density at radius 3 is 2.75 bits per heavy atom. The van der Waals surface area contributed by atoms with Crippen molar-refractivity contribution in [2.24, 2.45) is 0 Å². The van der Waals surface area contributed by atoms with Crippen molar-refractivity contribution < 1.29 is 14.4 Å². The zero-order valence-electron chi connectivity index (χ0n) is 11.5. The Morgan fingerprint density at radius 2 is 2.15 bits per heavy atom. The van der Waals surface area contributed by atoms with Crippen molar-refractivity contribution in [3.8, 4) is 0 Å². The predicted molar refractivity (Wildman–Crippen MR) is 73.8 cm³/mol. The number of nitrogens with one attached hydrogen (secondary N) is 1. The van der Waals surface area contributed by atoms with E-state index in [1.165, 1.54) is 6.07 Å². The molecule has 2 N–H and O–H groups in total. The second-order valence-corrected chi connectivity index (χ2v) is 4.57. The number of aryl methyl sites for hydroxylation is 2. The minimum absolute atomic E-state index is 0.238. The first-order valence-electron chi connectivity index (χ1n) is 6.49. The van der Waals surface area contributed by atoms with E-state index in [-0.39, 0.29) is 5.56 Å². The fourth-order valence-corrected chi connectivity index (χ4v) is 1.87. The molecule has 2 aromatic heterocycles. The number of nitrogens with zero attached hydrogens (tertiary/aromatic N) is 2. The number of pyridine rings is 1. The van der Waals surface area contributed by atoms with Gasteiger partial charge in [-0.05, 0) is 25.5 Å². The van der Waals surface area contributed by atoms with Crippen molar-refractivity contribution >= 4 is 11.8 Å². The maximum atomic E-state index is 11.1. The minimum Gasteiger partial charge on any atom is -0.478 e. The molecule has 106 valence electrons. The third-order valence-corrected chi connectivity index (χ3v) is 2.76. The molecule has 6 nitrogen and oxygen atoms in total. The number of carbonyl (C=O) groups is 1. The highest BCUT2D eigenvalue weighted by molar-refractivity contribution is 5.88. The van der Waals surface area contributed by atoms with Crippen LogP contribution in [-0.4, -0.2) is 21.2 Å². The van der Waals surface area contributed by atoms with E-state index in [0.717, 1.165) is 30.0 Å². The Kier molecular flexibility index (Phi) is 4.34. The molecule has 0 aliphatic rings. The number of hydrogen-bond acceptors (Lipinski definition) is 5. The number of hydrogen-bond donors (Lipinski definition) is 2. The Morgan fingerprint density at radius 1 is 1.35 bits per heavy atom. The lowest BCUT2D eigenvalue weighted by Gasteiger charge is -2.07. The summed E-state index contributed by atoms with van der Waals surface area (Å²) in [6, 6.07) is 4.95. The fraction of sp³-hybridized carbons (Fsp3) is 0.357. The molecule has 0 fully saturated rings. The number of anilines is 1. The SMILES string of the molecule is CCCc1cc(C(=O)O)cc(NCc2cc(C)on2)n1. The van der Waals surface area contributed by atoms with Gasteiger partial charge in [-0.25, -0.2) is 9.78 Å². The van der Waals surface area contributed by atoms with Crippen molar-refractivity contribution in [2.75, 3.05) is 5.32 Å². The van der Waals surface area contributed by atoms with Crippen LogP contribution in [0.2, 0.25) is 0 Å². The molecule has 2 heterocycles. The number of carboxylic acids is 1. The van der Waals surface area contributed by atoms with Gasteiger partial charge in [0.1, 0.15) is 17.3 Å². The standard InChI is InChI=1S/C14H17N3O3/c1-3-4-11-6-10(14(18)19)7-13(16-11)15-8-12-5-9(2)20-17-12/h5-7H,3-4,8H2,1-2H3,(H,15,16)(H,18,19). The molecule has 0 unspecified atom stereocenters. The summed E-state index contributed by atoms with van der Waals surface area (Å²) in [7, 11) is 0. The lowest BCUT2D eigenvalue weighted by Crippen LogP contribution is -2.06. The largest absolute Gasteiger partial charge is 0.478 e. The summed E-state index contributed by atoms with van der Waals surface area (Å²) < 4.78 is 4.97. The van der Waals surface area contributed by atoms with Gasteiger partial charge < -0.3 is 14.9 Å². The van der Waals surface area contributed by atoms with Crippen LogP contribution in [0.25, 0.3) is 0 Å². The Balaban J connectivity index is 2.15. The van der Waals surface area contributed by atoms with Crippen LogP contribution in [0.5, 0.6) is 0 Å². The van der Waals surface area contributed by atoms with Crippen LogP contribution in [0.1, 0.15) is 40.9 Å². The third kappa shape index (κ3) is 3.57. The van der Waals surface area contributed by atoms with Gasteiger partial charge in [-0.1, -0.05) is 18.5 Å². The Bertz CT molecular complexity index is 607. The first kappa shape index (κ1) is 14.0. The Hall–Kier alpha value is -2.37. The van der Waals surface area contributed by atoms with Crippen LogP contribution in [0.3, 0.4) is 0 Å². The quantitative estimate of drug-likeness (QED) is 0.842. The molecule has 0 saturated carbocycles. The van der Waals surface area contributed by atoms with E-state index in [4.69, 9.17) is 9.63 Å². The molecular weight excluding hydrogens is 258 g/mol. The van der Waals surface area contributed by atoms with Crippen molar-refractivity contribution in [3.63, 3.8) is 0 Å². The van der Waals surface area contributed by atoms with Gasteiger partial charge in [0.25, 0.3) is 0 Å². The highest BCUT2D eigenvalue weighted by Crippen LogP contribution is 2.13. The minimum atomic E-state index is -0.954. The summed E-state index contributed by atoms with van der Waals surface area (Å²) >= 11 is 0. The molecule has 0 saturated heterocycles. The maximum absolute atomic E-state index is 11.1. The average molecular weight is 275 g/mol. The van der Waals surface area contributed by atoms with Gasteiger partial charge in [-0.15, -0.1) is 0 Å². The lowest BCUT2D eigenvalue weighted by atomic mass is 10.1. The second kappa shape index (κ2) is 6.18. The first-order valence-corrected chi connectivity index (χ1v) is 6.49. The first-order chi connectivity index (χ1) is 9.58. The van der Waals surface area contributed by atoms with Crippen LogP contribution >= 0.6 is 0 Å².